The first-order valence-corrected chi connectivity index (χ1v) is 4.81. The van der Waals surface area contributed by atoms with Crippen LogP contribution in [0.3, 0.4) is 0 Å². The smallest absolute Gasteiger partial charge is 0.124 e. The minimum absolute atomic E-state index is 0.220. The van der Waals surface area contributed by atoms with Gasteiger partial charge in [0.15, 0.2) is 0 Å². The van der Waals surface area contributed by atoms with Crippen molar-refractivity contribution in [3.8, 4) is 0 Å². The van der Waals surface area contributed by atoms with Gasteiger partial charge in [-0.05, 0) is 5.56 Å². The van der Waals surface area contributed by atoms with Gasteiger partial charge in [-0.1, -0.05) is 30.3 Å². The molecule has 2 unspecified atom stereocenters. The van der Waals surface area contributed by atoms with Crippen LogP contribution in [0.5, 0.6) is 0 Å². The SMILES string of the molecule is O=C([O-])C(O)C(O)C(=O)[O-].O=C([O-])c1ccccc1. The molecule has 0 amide bonds. The van der Waals surface area contributed by atoms with E-state index in [-0.39, 0.29) is 5.56 Å². The average Bonchev–Trinajstić information content (AvgIpc) is 2.38. The van der Waals surface area contributed by atoms with Gasteiger partial charge in [-0.15, -0.1) is 0 Å². The maximum Gasteiger partial charge on any atom is 0.124 e. The number of carboxylic acid groups (broad SMARTS) is 3. The van der Waals surface area contributed by atoms with Crippen LogP contribution in [-0.4, -0.2) is 40.3 Å². The van der Waals surface area contributed by atoms with E-state index >= 15 is 0 Å². The maximum absolute atomic E-state index is 10.1. The summed E-state index contributed by atoms with van der Waals surface area (Å²) in [7, 11) is 0. The van der Waals surface area contributed by atoms with Crippen molar-refractivity contribution in [1.82, 2.24) is 0 Å². The molecule has 0 spiro atoms. The molecule has 1 aromatic rings. The summed E-state index contributed by atoms with van der Waals surface area (Å²) in [5, 5.41) is 45.8. The number of aliphatic hydroxyl groups is 2. The Morgan fingerprint density at radius 2 is 1.21 bits per heavy atom. The Bertz CT molecular complexity index is 423. The zero-order valence-corrected chi connectivity index (χ0v) is 9.39. The predicted molar refractivity (Wildman–Crippen MR) is 52.8 cm³/mol. The summed E-state index contributed by atoms with van der Waals surface area (Å²) < 4.78 is 0. The molecule has 0 saturated heterocycles. The first-order chi connectivity index (χ1) is 8.77. The fourth-order valence-electron chi connectivity index (χ4n) is 0.832. The van der Waals surface area contributed by atoms with Gasteiger partial charge in [0.25, 0.3) is 0 Å². The number of hydrogen-bond acceptors (Lipinski definition) is 8. The van der Waals surface area contributed by atoms with E-state index in [2.05, 4.69) is 0 Å². The molecular weight excluding hydrogens is 260 g/mol. The van der Waals surface area contributed by atoms with Crippen molar-refractivity contribution in [1.29, 1.82) is 0 Å². The van der Waals surface area contributed by atoms with Crippen LogP contribution in [0.15, 0.2) is 30.3 Å². The van der Waals surface area contributed by atoms with Crippen LogP contribution in [0, 0.1) is 0 Å². The third-order valence-electron chi connectivity index (χ3n) is 1.79. The monoisotopic (exact) mass is 269 g/mol. The molecule has 0 aliphatic heterocycles. The molecule has 19 heavy (non-hydrogen) atoms. The molecule has 1 rings (SSSR count). The van der Waals surface area contributed by atoms with Gasteiger partial charge in [-0.25, -0.2) is 0 Å². The number of rotatable bonds is 4. The van der Waals surface area contributed by atoms with E-state index in [9.17, 15) is 29.7 Å². The van der Waals surface area contributed by atoms with Crippen molar-refractivity contribution < 1.29 is 39.9 Å². The number of carboxylic acids is 3. The van der Waals surface area contributed by atoms with Crippen molar-refractivity contribution in [2.75, 3.05) is 0 Å². The summed E-state index contributed by atoms with van der Waals surface area (Å²) in [6, 6.07) is 8.06. The first-order valence-electron chi connectivity index (χ1n) is 4.81. The lowest BCUT2D eigenvalue weighted by Gasteiger charge is -2.18. The van der Waals surface area contributed by atoms with Crippen LogP contribution >= 0.6 is 0 Å². The first kappa shape index (κ1) is 16.6. The molecule has 0 heterocycles. The van der Waals surface area contributed by atoms with E-state index in [1.54, 1.807) is 18.2 Å². The second kappa shape index (κ2) is 7.80. The van der Waals surface area contributed by atoms with Crippen molar-refractivity contribution in [2.24, 2.45) is 0 Å². The van der Waals surface area contributed by atoms with Gasteiger partial charge >= 0.3 is 0 Å². The fraction of sp³-hybridized carbons (Fsp3) is 0.182. The van der Waals surface area contributed by atoms with E-state index in [1.165, 1.54) is 12.1 Å². The van der Waals surface area contributed by atoms with Crippen molar-refractivity contribution >= 4 is 17.9 Å². The summed E-state index contributed by atoms with van der Waals surface area (Å²) in [5.41, 5.74) is 0.220. The quantitative estimate of drug-likeness (QED) is 0.550. The highest BCUT2D eigenvalue weighted by Gasteiger charge is 2.17. The standard InChI is InChI=1S/C7H6O2.C4H6O6/c8-7(9)6-4-2-1-3-5-6;5-1(3(7)8)2(6)4(9)10/h1-5H,(H,8,9);1-2,5-6H,(H,7,8)(H,9,10)/p-3. The van der Waals surface area contributed by atoms with E-state index in [4.69, 9.17) is 10.2 Å². The van der Waals surface area contributed by atoms with Gasteiger partial charge in [0.1, 0.15) is 12.2 Å². The normalized spacial score (nSPS) is 12.5. The number of aliphatic hydroxyl groups excluding tert-OH is 2. The Morgan fingerprint density at radius 1 is 0.842 bits per heavy atom. The topological polar surface area (TPSA) is 161 Å². The molecule has 0 aliphatic carbocycles. The van der Waals surface area contributed by atoms with Crippen molar-refractivity contribution in [3.63, 3.8) is 0 Å². The Hall–Kier alpha value is -2.45. The Balaban J connectivity index is 0.000000342. The lowest BCUT2D eigenvalue weighted by molar-refractivity contribution is -0.333. The maximum atomic E-state index is 10.1. The summed E-state index contributed by atoms with van der Waals surface area (Å²) >= 11 is 0. The van der Waals surface area contributed by atoms with Crippen molar-refractivity contribution in [3.05, 3.63) is 35.9 Å². The van der Waals surface area contributed by atoms with Gasteiger partial charge in [-0.3, -0.25) is 0 Å². The van der Waals surface area contributed by atoms with Gasteiger partial charge in [-0.2, -0.15) is 0 Å². The van der Waals surface area contributed by atoms with Gasteiger partial charge in [0, 0.05) is 0 Å². The second-order valence-corrected chi connectivity index (χ2v) is 3.18. The molecule has 1 aromatic carbocycles. The molecular formula is C11H9O8-3. The molecule has 0 saturated carbocycles. The van der Waals surface area contributed by atoms with E-state index < -0.39 is 30.1 Å². The van der Waals surface area contributed by atoms with Crippen LogP contribution in [-0.2, 0) is 9.59 Å². The zero-order chi connectivity index (χ0) is 15.0. The highest BCUT2D eigenvalue weighted by atomic mass is 16.4. The molecule has 0 aliphatic rings. The summed E-state index contributed by atoms with van der Waals surface area (Å²) in [6.45, 7) is 0. The summed E-state index contributed by atoms with van der Waals surface area (Å²) in [6.07, 6.45) is -4.88. The number of carbonyl (C=O) groups excluding carboxylic acids is 3. The second-order valence-electron chi connectivity index (χ2n) is 3.18. The molecule has 2 N–H and O–H groups in total. The van der Waals surface area contributed by atoms with E-state index in [0.717, 1.165) is 0 Å². The molecule has 104 valence electrons. The molecule has 0 radical (unpaired) electrons. The molecule has 8 nitrogen and oxygen atoms in total. The van der Waals surface area contributed by atoms with Crippen LogP contribution in [0.1, 0.15) is 10.4 Å². The third-order valence-corrected chi connectivity index (χ3v) is 1.79. The number of carbonyl (C=O) groups is 3. The lowest BCUT2D eigenvalue weighted by Crippen LogP contribution is -2.51. The Kier molecular flexibility index (Phi) is 6.79. The summed E-state index contributed by atoms with van der Waals surface area (Å²) in [4.78, 5) is 29.4. The van der Waals surface area contributed by atoms with Gasteiger partial charge in [0.2, 0.25) is 0 Å². The highest BCUT2D eigenvalue weighted by molar-refractivity contribution is 5.85. The minimum atomic E-state index is -2.44. The molecule has 2 atom stereocenters. The summed E-state index contributed by atoms with van der Waals surface area (Å²) in [5.74, 6) is -5.25. The Morgan fingerprint density at radius 3 is 1.42 bits per heavy atom. The molecule has 0 fully saturated rings. The lowest BCUT2D eigenvalue weighted by atomic mass is 10.2. The minimum Gasteiger partial charge on any atom is -0.547 e. The van der Waals surface area contributed by atoms with Crippen LogP contribution in [0.2, 0.25) is 0 Å². The zero-order valence-electron chi connectivity index (χ0n) is 9.39. The third kappa shape index (κ3) is 6.15. The average molecular weight is 269 g/mol. The van der Waals surface area contributed by atoms with Crippen molar-refractivity contribution in [2.45, 2.75) is 12.2 Å². The highest BCUT2D eigenvalue weighted by Crippen LogP contribution is 1.94. The van der Waals surface area contributed by atoms with Crippen LogP contribution in [0.25, 0.3) is 0 Å². The fourth-order valence-corrected chi connectivity index (χ4v) is 0.832. The van der Waals surface area contributed by atoms with Gasteiger partial charge < -0.3 is 39.9 Å². The Labute approximate surface area is 107 Å². The number of aromatic carboxylic acids is 1. The molecule has 8 heteroatoms. The van der Waals surface area contributed by atoms with Crippen LogP contribution in [0.4, 0.5) is 0 Å². The van der Waals surface area contributed by atoms with E-state index in [1.807, 2.05) is 0 Å². The largest absolute Gasteiger partial charge is 0.547 e. The number of hydrogen-bond donors (Lipinski definition) is 2. The predicted octanol–water partition coefficient (Wildman–Crippen LogP) is -4.74. The number of benzene rings is 1. The van der Waals surface area contributed by atoms with Gasteiger partial charge in [0.05, 0.1) is 17.9 Å². The molecule has 0 aromatic heterocycles. The van der Waals surface area contributed by atoms with Crippen LogP contribution < -0.4 is 15.3 Å². The number of aliphatic carboxylic acids is 2. The van der Waals surface area contributed by atoms with E-state index in [0.29, 0.717) is 0 Å². The molecule has 0 bridgehead atoms.